The molecule has 0 aliphatic heterocycles. The van der Waals surface area contributed by atoms with Gasteiger partial charge in [0.15, 0.2) is 0 Å². The highest BCUT2D eigenvalue weighted by Gasteiger charge is 2.25. The predicted molar refractivity (Wildman–Crippen MR) is 95.5 cm³/mol. The van der Waals surface area contributed by atoms with Crippen LogP contribution in [0.15, 0.2) is 59.5 Å². The van der Waals surface area contributed by atoms with Crippen LogP contribution in [0.25, 0.3) is 0 Å². The fourth-order valence-corrected chi connectivity index (χ4v) is 3.90. The maximum Gasteiger partial charge on any atom is 0.337 e. The third-order valence-electron chi connectivity index (χ3n) is 3.71. The Kier molecular flexibility index (Phi) is 6.69. The standard InChI is InChI=1S/C18H22N2O4S/c1-24-18(21)16-9-5-10-17(13-16)25(22,23)20(12-6-11-19)14-15-7-3-2-4-8-15/h2-5,7-10,13H,6,11-12,14,19H2,1H3. The van der Waals surface area contributed by atoms with E-state index < -0.39 is 16.0 Å². The molecule has 0 heterocycles. The lowest BCUT2D eigenvalue weighted by Gasteiger charge is -2.22. The molecule has 0 saturated carbocycles. The second-order valence-corrected chi connectivity index (χ2v) is 7.42. The number of nitrogens with two attached hydrogens (primary N) is 1. The molecule has 2 N–H and O–H groups in total. The van der Waals surface area contributed by atoms with Crippen molar-refractivity contribution < 1.29 is 17.9 Å². The van der Waals surface area contributed by atoms with Crippen LogP contribution in [-0.2, 0) is 21.3 Å². The highest BCUT2D eigenvalue weighted by Crippen LogP contribution is 2.20. The Labute approximate surface area is 148 Å². The van der Waals surface area contributed by atoms with E-state index in [-0.39, 0.29) is 17.0 Å². The van der Waals surface area contributed by atoms with Crippen molar-refractivity contribution in [2.45, 2.75) is 17.9 Å². The van der Waals surface area contributed by atoms with Crippen LogP contribution in [0.2, 0.25) is 0 Å². The zero-order valence-electron chi connectivity index (χ0n) is 14.1. The molecule has 0 bridgehead atoms. The minimum Gasteiger partial charge on any atom is -0.465 e. The van der Waals surface area contributed by atoms with Gasteiger partial charge in [-0.05, 0) is 36.7 Å². The number of benzene rings is 2. The summed E-state index contributed by atoms with van der Waals surface area (Å²) in [6, 6.07) is 15.2. The van der Waals surface area contributed by atoms with Gasteiger partial charge < -0.3 is 10.5 Å². The summed E-state index contributed by atoms with van der Waals surface area (Å²) in [5.41, 5.74) is 6.63. The number of hydrogen-bond donors (Lipinski definition) is 1. The largest absolute Gasteiger partial charge is 0.465 e. The number of rotatable bonds is 8. The lowest BCUT2D eigenvalue weighted by atomic mass is 10.2. The Balaban J connectivity index is 2.35. The number of methoxy groups -OCH3 is 1. The van der Waals surface area contributed by atoms with Crippen LogP contribution in [0.1, 0.15) is 22.3 Å². The molecule has 0 aliphatic rings. The Morgan fingerprint density at radius 2 is 1.84 bits per heavy atom. The molecule has 2 rings (SSSR count). The molecule has 2 aromatic rings. The van der Waals surface area contributed by atoms with E-state index >= 15 is 0 Å². The van der Waals surface area contributed by atoms with Gasteiger partial charge in [0.1, 0.15) is 0 Å². The van der Waals surface area contributed by atoms with E-state index in [1.165, 1.54) is 35.7 Å². The lowest BCUT2D eigenvalue weighted by molar-refractivity contribution is 0.0600. The predicted octanol–water partition coefficient (Wildman–Crippen LogP) is 2.01. The second-order valence-electron chi connectivity index (χ2n) is 5.49. The van der Waals surface area contributed by atoms with Gasteiger partial charge in [-0.25, -0.2) is 13.2 Å². The minimum absolute atomic E-state index is 0.0587. The highest BCUT2D eigenvalue weighted by molar-refractivity contribution is 7.89. The average Bonchev–Trinajstić information content (AvgIpc) is 2.65. The third kappa shape index (κ3) is 4.88. The molecular weight excluding hydrogens is 340 g/mol. The minimum atomic E-state index is -3.77. The topological polar surface area (TPSA) is 89.7 Å². The summed E-state index contributed by atoms with van der Waals surface area (Å²) < 4.78 is 32.1. The van der Waals surface area contributed by atoms with Crippen LogP contribution in [-0.4, -0.2) is 38.9 Å². The molecule has 0 saturated heterocycles. The molecule has 2 aromatic carbocycles. The average molecular weight is 362 g/mol. The molecule has 0 fully saturated rings. The van der Waals surface area contributed by atoms with Gasteiger partial charge in [0.25, 0.3) is 0 Å². The van der Waals surface area contributed by atoms with Crippen molar-refractivity contribution in [3.05, 3.63) is 65.7 Å². The molecule has 7 heteroatoms. The maximum absolute atomic E-state index is 13.0. The summed E-state index contributed by atoms with van der Waals surface area (Å²) in [7, 11) is -2.51. The summed E-state index contributed by atoms with van der Waals surface area (Å²) in [4.78, 5) is 11.7. The first-order valence-corrected chi connectivity index (χ1v) is 9.35. The molecule has 0 radical (unpaired) electrons. The van der Waals surface area contributed by atoms with Crippen LogP contribution in [0, 0.1) is 0 Å². The van der Waals surface area contributed by atoms with E-state index in [1.54, 1.807) is 0 Å². The van der Waals surface area contributed by atoms with Gasteiger partial charge in [-0.1, -0.05) is 36.4 Å². The summed E-state index contributed by atoms with van der Waals surface area (Å²) in [6.07, 6.45) is 0.544. The number of sulfonamides is 1. The Morgan fingerprint density at radius 3 is 2.48 bits per heavy atom. The Bertz CT molecular complexity index is 807. The number of ether oxygens (including phenoxy) is 1. The van der Waals surface area contributed by atoms with Gasteiger partial charge in [-0.15, -0.1) is 0 Å². The molecule has 6 nitrogen and oxygen atoms in total. The van der Waals surface area contributed by atoms with Gasteiger partial charge in [-0.3, -0.25) is 0 Å². The first kappa shape index (κ1) is 19.1. The van der Waals surface area contributed by atoms with Gasteiger partial charge in [0, 0.05) is 13.1 Å². The number of nitrogens with zero attached hydrogens (tertiary/aromatic N) is 1. The summed E-state index contributed by atoms with van der Waals surface area (Å²) in [6.45, 7) is 0.935. The Hall–Kier alpha value is -2.22. The first-order valence-electron chi connectivity index (χ1n) is 7.91. The third-order valence-corrected chi connectivity index (χ3v) is 5.55. The van der Waals surface area contributed by atoms with Gasteiger partial charge in [0.05, 0.1) is 17.6 Å². The zero-order valence-corrected chi connectivity index (χ0v) is 14.9. The molecule has 0 aliphatic carbocycles. The van der Waals surface area contributed by atoms with Crippen molar-refractivity contribution in [2.75, 3.05) is 20.2 Å². The smallest absolute Gasteiger partial charge is 0.337 e. The van der Waals surface area contributed by atoms with Gasteiger partial charge >= 0.3 is 5.97 Å². The van der Waals surface area contributed by atoms with Crippen molar-refractivity contribution in [3.8, 4) is 0 Å². The maximum atomic E-state index is 13.0. The normalized spacial score (nSPS) is 11.5. The summed E-state index contributed by atoms with van der Waals surface area (Å²) in [5, 5.41) is 0. The van der Waals surface area contributed by atoms with Crippen molar-refractivity contribution in [3.63, 3.8) is 0 Å². The van der Waals surface area contributed by atoms with E-state index in [1.807, 2.05) is 30.3 Å². The zero-order chi connectivity index (χ0) is 18.3. The SMILES string of the molecule is COC(=O)c1cccc(S(=O)(=O)N(CCCN)Cc2ccccc2)c1. The van der Waals surface area contributed by atoms with Crippen molar-refractivity contribution in [1.29, 1.82) is 0 Å². The lowest BCUT2D eigenvalue weighted by Crippen LogP contribution is -2.32. The van der Waals surface area contributed by atoms with Gasteiger partial charge in [0.2, 0.25) is 10.0 Å². The van der Waals surface area contributed by atoms with E-state index in [2.05, 4.69) is 4.74 Å². The number of carbonyl (C=O) groups excluding carboxylic acids is 1. The van der Waals surface area contributed by atoms with E-state index in [4.69, 9.17) is 5.73 Å². The molecule has 25 heavy (non-hydrogen) atoms. The van der Waals surface area contributed by atoms with Crippen LogP contribution >= 0.6 is 0 Å². The Morgan fingerprint density at radius 1 is 1.12 bits per heavy atom. The summed E-state index contributed by atoms with van der Waals surface area (Å²) in [5.74, 6) is -0.575. The monoisotopic (exact) mass is 362 g/mol. The molecule has 0 unspecified atom stereocenters. The molecule has 134 valence electrons. The summed E-state index contributed by atoms with van der Waals surface area (Å²) >= 11 is 0. The number of esters is 1. The van der Waals surface area contributed by atoms with Crippen LogP contribution in [0.4, 0.5) is 0 Å². The highest BCUT2D eigenvalue weighted by atomic mass is 32.2. The van der Waals surface area contributed by atoms with Crippen molar-refractivity contribution in [1.82, 2.24) is 4.31 Å². The van der Waals surface area contributed by atoms with E-state index in [9.17, 15) is 13.2 Å². The molecule has 0 atom stereocenters. The molecule has 0 spiro atoms. The second kappa shape index (κ2) is 8.75. The molecule has 0 amide bonds. The van der Waals surface area contributed by atoms with Crippen molar-refractivity contribution in [2.24, 2.45) is 5.73 Å². The van der Waals surface area contributed by atoms with Crippen LogP contribution in [0.3, 0.4) is 0 Å². The van der Waals surface area contributed by atoms with E-state index in [0.29, 0.717) is 19.5 Å². The van der Waals surface area contributed by atoms with Crippen LogP contribution < -0.4 is 5.73 Å². The van der Waals surface area contributed by atoms with Crippen molar-refractivity contribution >= 4 is 16.0 Å². The number of hydrogen-bond acceptors (Lipinski definition) is 5. The first-order chi connectivity index (χ1) is 12.0. The number of carbonyl (C=O) groups is 1. The fourth-order valence-electron chi connectivity index (χ4n) is 2.39. The fraction of sp³-hybridized carbons (Fsp3) is 0.278. The van der Waals surface area contributed by atoms with Gasteiger partial charge in [-0.2, -0.15) is 4.31 Å². The molecular formula is C18H22N2O4S. The quantitative estimate of drug-likeness (QED) is 0.726. The molecule has 0 aromatic heterocycles. The van der Waals surface area contributed by atoms with E-state index in [0.717, 1.165) is 5.56 Å². The van der Waals surface area contributed by atoms with Crippen LogP contribution in [0.5, 0.6) is 0 Å².